The molecule has 0 radical (unpaired) electrons. The molecular weight excluding hydrogens is 428 g/mol. The molecule has 32 heavy (non-hydrogen) atoms. The molecule has 1 aliphatic carbocycles. The first-order valence-corrected chi connectivity index (χ1v) is 12.5. The lowest BCUT2D eigenvalue weighted by Crippen LogP contribution is -2.38. The van der Waals surface area contributed by atoms with E-state index in [1.165, 1.54) is 12.4 Å². The molecule has 172 valence electrons. The third kappa shape index (κ3) is 4.28. The molecule has 0 spiro atoms. The van der Waals surface area contributed by atoms with Crippen molar-refractivity contribution >= 4 is 27.6 Å². The Morgan fingerprint density at radius 2 is 1.91 bits per heavy atom. The monoisotopic (exact) mass is 458 g/mol. The number of nitrogen functional groups attached to an aromatic ring is 1. The highest BCUT2D eigenvalue weighted by Crippen LogP contribution is 2.38. The molecule has 0 atom stereocenters. The van der Waals surface area contributed by atoms with Crippen LogP contribution in [0, 0.1) is 5.92 Å². The van der Waals surface area contributed by atoms with E-state index in [0.29, 0.717) is 11.7 Å². The summed E-state index contributed by atoms with van der Waals surface area (Å²) in [7, 11) is -4.28. The number of carbonyl (C=O) groups is 1. The average molecular weight is 459 g/mol. The normalized spacial score (nSPS) is 18.8. The zero-order valence-electron chi connectivity index (χ0n) is 18.8. The summed E-state index contributed by atoms with van der Waals surface area (Å²) in [5, 5.41) is -0.464. The van der Waals surface area contributed by atoms with Crippen LogP contribution in [0.4, 0.5) is 11.6 Å². The number of piperidine rings is 1. The van der Waals surface area contributed by atoms with Crippen molar-refractivity contribution in [2.24, 2.45) is 5.92 Å². The van der Waals surface area contributed by atoms with E-state index in [1.54, 1.807) is 0 Å². The number of rotatable bonds is 4. The fourth-order valence-electron chi connectivity index (χ4n) is 4.56. The highest BCUT2D eigenvalue weighted by molar-refractivity contribution is 7.90. The first kappa shape index (κ1) is 22.4. The number of pyridine rings is 1. The van der Waals surface area contributed by atoms with Gasteiger partial charge >= 0.3 is 0 Å². The van der Waals surface area contributed by atoms with Crippen molar-refractivity contribution in [2.45, 2.75) is 63.3 Å². The average Bonchev–Trinajstić information content (AvgIpc) is 2.73. The largest absolute Gasteiger partial charge is 0.381 e. The van der Waals surface area contributed by atoms with Crippen molar-refractivity contribution < 1.29 is 13.2 Å². The Kier molecular flexibility index (Phi) is 5.83. The first-order chi connectivity index (χ1) is 15.1. The number of carbonyl (C=O) groups excluding carboxylic acids is 1. The molecule has 10 heteroatoms. The van der Waals surface area contributed by atoms with E-state index in [2.05, 4.69) is 40.4 Å². The minimum absolute atomic E-state index is 0.0967. The first-order valence-electron chi connectivity index (χ1n) is 11.0. The number of sulfonamides is 1. The van der Waals surface area contributed by atoms with Crippen LogP contribution in [-0.2, 0) is 21.9 Å². The number of fused-ring (bicyclic) bond motifs is 1. The van der Waals surface area contributed by atoms with Gasteiger partial charge in [-0.05, 0) is 49.7 Å². The van der Waals surface area contributed by atoms with Crippen molar-refractivity contribution in [1.82, 2.24) is 19.7 Å². The van der Waals surface area contributed by atoms with Gasteiger partial charge < -0.3 is 10.6 Å². The molecule has 1 aliphatic heterocycles. The topological polar surface area (TPSA) is 131 Å². The maximum absolute atomic E-state index is 13.3. The number of nitrogens with two attached hydrogens (primary N) is 1. The van der Waals surface area contributed by atoms with Gasteiger partial charge in [0.2, 0.25) is 5.03 Å². The summed E-state index contributed by atoms with van der Waals surface area (Å²) < 4.78 is 27.8. The van der Waals surface area contributed by atoms with Gasteiger partial charge in [-0.3, -0.25) is 4.79 Å². The van der Waals surface area contributed by atoms with E-state index in [0.717, 1.165) is 56.5 Å². The van der Waals surface area contributed by atoms with Crippen molar-refractivity contribution in [1.29, 1.82) is 0 Å². The maximum atomic E-state index is 13.3. The molecule has 4 rings (SSSR count). The Balaban J connectivity index is 1.75. The molecule has 2 aromatic heterocycles. The summed E-state index contributed by atoms with van der Waals surface area (Å²) in [5.41, 5.74) is 7.84. The number of aryl methyl sites for hydroxylation is 1. The second-order valence-corrected chi connectivity index (χ2v) is 11.1. The van der Waals surface area contributed by atoms with Crippen molar-refractivity contribution in [3.8, 4) is 0 Å². The van der Waals surface area contributed by atoms with Gasteiger partial charge in [0.1, 0.15) is 5.82 Å². The summed E-state index contributed by atoms with van der Waals surface area (Å²) in [6.07, 6.45) is 7.34. The Hall–Kier alpha value is -2.75. The smallest absolute Gasteiger partial charge is 0.285 e. The molecule has 2 aliphatic rings. The van der Waals surface area contributed by atoms with Crippen LogP contribution in [0.5, 0.6) is 0 Å². The number of aromatic nitrogens is 3. The van der Waals surface area contributed by atoms with Crippen LogP contribution in [0.2, 0.25) is 0 Å². The fourth-order valence-corrected chi connectivity index (χ4v) is 5.54. The molecular formula is C22H30N6O3S. The van der Waals surface area contributed by atoms with E-state index in [9.17, 15) is 13.2 Å². The predicted octanol–water partition coefficient (Wildman–Crippen LogP) is 2.42. The standard InChI is InChI=1S/C22H30N6O3S/c1-14-6-11-28(12-7-14)19-16(13-15-5-4-8-22(2,3)17(15)26-19)20(29)27-32(30,31)21-18(23)24-9-10-25-21/h9-10,13-14H,4-8,11-12H2,1-3H3,(H2,23,24)(H,27,29). The fraction of sp³-hybridized carbons (Fsp3) is 0.545. The van der Waals surface area contributed by atoms with E-state index in [-0.39, 0.29) is 16.8 Å². The molecule has 2 aromatic rings. The molecule has 1 saturated heterocycles. The van der Waals surface area contributed by atoms with Gasteiger partial charge in [-0.15, -0.1) is 0 Å². The highest BCUT2D eigenvalue weighted by Gasteiger charge is 2.34. The zero-order valence-corrected chi connectivity index (χ0v) is 19.6. The van der Waals surface area contributed by atoms with Gasteiger partial charge in [-0.25, -0.2) is 19.7 Å². The third-order valence-corrected chi connectivity index (χ3v) is 7.75. The van der Waals surface area contributed by atoms with Gasteiger partial charge in [-0.2, -0.15) is 8.42 Å². The second kappa shape index (κ2) is 8.31. The van der Waals surface area contributed by atoms with Crippen LogP contribution in [-0.4, -0.2) is 42.4 Å². The summed E-state index contributed by atoms with van der Waals surface area (Å²) >= 11 is 0. The lowest BCUT2D eigenvalue weighted by molar-refractivity contribution is 0.0981. The van der Waals surface area contributed by atoms with E-state index >= 15 is 0 Å². The quantitative estimate of drug-likeness (QED) is 0.714. The molecule has 3 heterocycles. The van der Waals surface area contributed by atoms with E-state index in [4.69, 9.17) is 10.7 Å². The van der Waals surface area contributed by atoms with Crippen molar-refractivity contribution in [3.63, 3.8) is 0 Å². The minimum atomic E-state index is -4.28. The van der Waals surface area contributed by atoms with Gasteiger partial charge in [0.15, 0.2) is 5.82 Å². The van der Waals surface area contributed by atoms with E-state index in [1.807, 2.05) is 6.07 Å². The molecule has 1 fully saturated rings. The van der Waals surface area contributed by atoms with Gasteiger partial charge in [-0.1, -0.05) is 20.8 Å². The number of hydrogen-bond acceptors (Lipinski definition) is 8. The van der Waals surface area contributed by atoms with Gasteiger partial charge in [0.25, 0.3) is 15.9 Å². The van der Waals surface area contributed by atoms with E-state index < -0.39 is 21.0 Å². The number of nitrogens with one attached hydrogen (secondary N) is 1. The molecule has 0 saturated carbocycles. The molecule has 0 unspecified atom stereocenters. The molecule has 3 N–H and O–H groups in total. The third-order valence-electron chi connectivity index (χ3n) is 6.47. The van der Waals surface area contributed by atoms with Crippen LogP contribution in [0.3, 0.4) is 0 Å². The van der Waals surface area contributed by atoms with Crippen molar-refractivity contribution in [2.75, 3.05) is 23.7 Å². The lowest BCUT2D eigenvalue weighted by Gasteiger charge is -2.36. The number of nitrogens with zero attached hydrogens (tertiary/aromatic N) is 4. The number of anilines is 2. The Morgan fingerprint density at radius 1 is 1.22 bits per heavy atom. The summed E-state index contributed by atoms with van der Waals surface area (Å²) in [6.45, 7) is 8.10. The molecule has 0 aromatic carbocycles. The minimum Gasteiger partial charge on any atom is -0.381 e. The Bertz CT molecular complexity index is 1140. The SMILES string of the molecule is CC1CCN(c2nc3c(cc2C(=O)NS(=O)(=O)c2nccnc2N)CCCC3(C)C)CC1. The molecule has 9 nitrogen and oxygen atoms in total. The van der Waals surface area contributed by atoms with Crippen molar-refractivity contribution in [3.05, 3.63) is 35.3 Å². The van der Waals surface area contributed by atoms with Crippen LogP contribution >= 0.6 is 0 Å². The molecule has 0 bridgehead atoms. The van der Waals surface area contributed by atoms with Gasteiger partial charge in [0, 0.05) is 30.9 Å². The number of hydrogen-bond donors (Lipinski definition) is 2. The van der Waals surface area contributed by atoms with Crippen LogP contribution in [0.15, 0.2) is 23.5 Å². The Morgan fingerprint density at radius 3 is 2.59 bits per heavy atom. The number of amides is 1. The molecule has 1 amide bonds. The van der Waals surface area contributed by atoms with Crippen LogP contribution in [0.25, 0.3) is 0 Å². The summed E-state index contributed by atoms with van der Waals surface area (Å²) in [5.74, 6) is 0.161. The lowest BCUT2D eigenvalue weighted by atomic mass is 9.75. The summed E-state index contributed by atoms with van der Waals surface area (Å²) in [6, 6.07) is 1.82. The predicted molar refractivity (Wildman–Crippen MR) is 122 cm³/mol. The zero-order chi connectivity index (χ0) is 23.1. The second-order valence-electron chi connectivity index (χ2n) is 9.46. The van der Waals surface area contributed by atoms with Gasteiger partial charge in [0.05, 0.1) is 11.3 Å². The summed E-state index contributed by atoms with van der Waals surface area (Å²) in [4.78, 5) is 27.9. The van der Waals surface area contributed by atoms with Crippen LogP contribution in [0.1, 0.15) is 68.1 Å². The maximum Gasteiger partial charge on any atom is 0.285 e. The Labute approximate surface area is 188 Å². The van der Waals surface area contributed by atoms with Crippen LogP contribution < -0.4 is 15.4 Å². The highest BCUT2D eigenvalue weighted by atomic mass is 32.2.